The predicted octanol–water partition coefficient (Wildman–Crippen LogP) is 3.91. The van der Waals surface area contributed by atoms with Gasteiger partial charge in [-0.15, -0.1) is 0 Å². The second kappa shape index (κ2) is 6.69. The SMILES string of the molecule is CCC(=O)OCC(O)(F)c1c(-c2ccccc2)n(C)c2ccccc12. The maximum Gasteiger partial charge on any atom is 0.305 e. The average molecular weight is 341 g/mol. The first-order chi connectivity index (χ1) is 12.0. The molecule has 1 heterocycles. The number of benzene rings is 2. The van der Waals surface area contributed by atoms with Crippen molar-refractivity contribution in [1.29, 1.82) is 0 Å². The fourth-order valence-corrected chi connectivity index (χ4v) is 3.07. The van der Waals surface area contributed by atoms with Crippen LogP contribution in [0.2, 0.25) is 0 Å². The van der Waals surface area contributed by atoms with Gasteiger partial charge in [0, 0.05) is 24.4 Å². The zero-order valence-corrected chi connectivity index (χ0v) is 14.2. The highest BCUT2D eigenvalue weighted by Crippen LogP contribution is 2.40. The van der Waals surface area contributed by atoms with Crippen molar-refractivity contribution in [2.45, 2.75) is 19.2 Å². The van der Waals surface area contributed by atoms with Crippen molar-refractivity contribution in [3.63, 3.8) is 0 Å². The van der Waals surface area contributed by atoms with Gasteiger partial charge in [0.15, 0.2) is 6.61 Å². The van der Waals surface area contributed by atoms with E-state index in [-0.39, 0.29) is 12.0 Å². The number of esters is 1. The van der Waals surface area contributed by atoms with Crippen molar-refractivity contribution in [3.05, 3.63) is 60.2 Å². The maximum absolute atomic E-state index is 15.3. The molecule has 25 heavy (non-hydrogen) atoms. The molecule has 5 heteroatoms. The first-order valence-corrected chi connectivity index (χ1v) is 8.16. The number of aliphatic hydroxyl groups is 1. The number of aryl methyl sites for hydroxylation is 1. The molecule has 0 aliphatic carbocycles. The highest BCUT2D eigenvalue weighted by atomic mass is 19.2. The Labute approximate surface area is 145 Å². The molecule has 1 N–H and O–H groups in total. The molecule has 0 saturated heterocycles. The van der Waals surface area contributed by atoms with Crippen LogP contribution in [0.3, 0.4) is 0 Å². The molecular formula is C20H20FNO3. The van der Waals surface area contributed by atoms with E-state index in [1.165, 1.54) is 0 Å². The summed E-state index contributed by atoms with van der Waals surface area (Å²) in [5.41, 5.74) is 2.23. The van der Waals surface area contributed by atoms with Crippen LogP contribution in [0.25, 0.3) is 22.2 Å². The second-order valence-corrected chi connectivity index (χ2v) is 5.94. The minimum Gasteiger partial charge on any atom is -0.459 e. The van der Waals surface area contributed by atoms with Crippen LogP contribution < -0.4 is 0 Å². The van der Waals surface area contributed by atoms with Crippen LogP contribution >= 0.6 is 0 Å². The number of ether oxygens (including phenoxy) is 1. The van der Waals surface area contributed by atoms with E-state index in [9.17, 15) is 9.90 Å². The summed E-state index contributed by atoms with van der Waals surface area (Å²) < 4.78 is 22.0. The van der Waals surface area contributed by atoms with Crippen molar-refractivity contribution in [3.8, 4) is 11.3 Å². The minimum absolute atomic E-state index is 0.112. The number of halogens is 1. The summed E-state index contributed by atoms with van der Waals surface area (Å²) in [7, 11) is 1.82. The van der Waals surface area contributed by atoms with Crippen molar-refractivity contribution in [2.75, 3.05) is 6.61 Å². The zero-order chi connectivity index (χ0) is 18.0. The van der Waals surface area contributed by atoms with E-state index < -0.39 is 18.4 Å². The Morgan fingerprint density at radius 3 is 2.48 bits per heavy atom. The second-order valence-electron chi connectivity index (χ2n) is 5.94. The Bertz CT molecular complexity index is 900. The number of alkyl halides is 1. The van der Waals surface area contributed by atoms with E-state index in [0.717, 1.165) is 11.1 Å². The van der Waals surface area contributed by atoms with Gasteiger partial charge in [-0.3, -0.25) is 4.79 Å². The van der Waals surface area contributed by atoms with E-state index in [4.69, 9.17) is 4.74 Å². The topological polar surface area (TPSA) is 51.5 Å². The van der Waals surface area contributed by atoms with Gasteiger partial charge in [-0.2, -0.15) is 0 Å². The summed E-state index contributed by atoms with van der Waals surface area (Å²) in [6.45, 7) is 0.875. The highest BCUT2D eigenvalue weighted by molar-refractivity contribution is 5.92. The summed E-state index contributed by atoms with van der Waals surface area (Å²) in [6.07, 6.45) is 0.122. The molecule has 1 unspecified atom stereocenters. The molecule has 0 spiro atoms. The third-order valence-electron chi connectivity index (χ3n) is 4.25. The van der Waals surface area contributed by atoms with Gasteiger partial charge in [0.2, 0.25) is 0 Å². The summed E-state index contributed by atoms with van der Waals surface area (Å²) in [5, 5.41) is 11.1. The molecule has 2 aromatic carbocycles. The molecule has 4 nitrogen and oxygen atoms in total. The Morgan fingerprint density at radius 2 is 1.80 bits per heavy atom. The number of para-hydroxylation sites is 1. The van der Waals surface area contributed by atoms with E-state index in [1.807, 2.05) is 54.1 Å². The van der Waals surface area contributed by atoms with Gasteiger partial charge < -0.3 is 14.4 Å². The van der Waals surface area contributed by atoms with Crippen LogP contribution in [0.1, 0.15) is 18.9 Å². The van der Waals surface area contributed by atoms with Gasteiger partial charge >= 0.3 is 5.97 Å². The van der Waals surface area contributed by atoms with Crippen molar-refractivity contribution in [1.82, 2.24) is 4.57 Å². The smallest absolute Gasteiger partial charge is 0.305 e. The predicted molar refractivity (Wildman–Crippen MR) is 94.6 cm³/mol. The minimum atomic E-state index is -2.79. The number of rotatable bonds is 5. The van der Waals surface area contributed by atoms with E-state index >= 15 is 4.39 Å². The molecule has 0 bridgehead atoms. The lowest BCUT2D eigenvalue weighted by Crippen LogP contribution is -2.28. The number of carbonyl (C=O) groups excluding carboxylic acids is 1. The van der Waals surface area contributed by atoms with Crippen molar-refractivity contribution in [2.24, 2.45) is 7.05 Å². The third kappa shape index (κ3) is 3.15. The Hall–Kier alpha value is -2.66. The van der Waals surface area contributed by atoms with Crippen LogP contribution in [0.15, 0.2) is 54.6 Å². The van der Waals surface area contributed by atoms with Gasteiger partial charge in [-0.1, -0.05) is 55.5 Å². The lowest BCUT2D eigenvalue weighted by molar-refractivity contribution is -0.171. The fraction of sp³-hybridized carbons (Fsp3) is 0.250. The van der Waals surface area contributed by atoms with E-state index in [1.54, 1.807) is 19.1 Å². The molecule has 0 amide bonds. The molecule has 3 aromatic rings. The maximum atomic E-state index is 15.3. The molecular weight excluding hydrogens is 321 g/mol. The molecule has 1 aromatic heterocycles. The van der Waals surface area contributed by atoms with Gasteiger partial charge in [-0.05, 0) is 11.6 Å². The normalized spacial score (nSPS) is 13.6. The number of hydrogen-bond donors (Lipinski definition) is 1. The number of carbonyl (C=O) groups is 1. The first kappa shape index (κ1) is 17.2. The van der Waals surface area contributed by atoms with Crippen LogP contribution in [0, 0.1) is 0 Å². The number of fused-ring (bicyclic) bond motifs is 1. The Balaban J connectivity index is 2.20. The van der Waals surface area contributed by atoms with Gasteiger partial charge in [-0.25, -0.2) is 4.39 Å². The molecule has 3 rings (SSSR count). The fourth-order valence-electron chi connectivity index (χ4n) is 3.07. The van der Waals surface area contributed by atoms with Crippen LogP contribution in [0.4, 0.5) is 4.39 Å². The van der Waals surface area contributed by atoms with E-state index in [2.05, 4.69) is 0 Å². The summed E-state index contributed by atoms with van der Waals surface area (Å²) in [5.74, 6) is -3.35. The van der Waals surface area contributed by atoms with Gasteiger partial charge in [0.25, 0.3) is 5.85 Å². The van der Waals surface area contributed by atoms with Crippen LogP contribution in [-0.4, -0.2) is 22.2 Å². The molecule has 0 saturated carbocycles. The van der Waals surface area contributed by atoms with E-state index in [0.29, 0.717) is 11.1 Å². The summed E-state index contributed by atoms with van der Waals surface area (Å²) in [6, 6.07) is 16.5. The average Bonchev–Trinajstić information content (AvgIpc) is 2.94. The van der Waals surface area contributed by atoms with Gasteiger partial charge in [0.05, 0.1) is 11.3 Å². The molecule has 0 radical (unpaired) electrons. The molecule has 0 fully saturated rings. The zero-order valence-electron chi connectivity index (χ0n) is 14.2. The lowest BCUT2D eigenvalue weighted by Gasteiger charge is -2.21. The van der Waals surface area contributed by atoms with Crippen molar-refractivity contribution < 1.29 is 19.0 Å². The van der Waals surface area contributed by atoms with Crippen LogP contribution in [0.5, 0.6) is 0 Å². The molecule has 1 atom stereocenters. The summed E-state index contributed by atoms with van der Waals surface area (Å²) >= 11 is 0. The molecule has 0 aliphatic heterocycles. The lowest BCUT2D eigenvalue weighted by atomic mass is 9.99. The molecule has 130 valence electrons. The number of nitrogens with zero attached hydrogens (tertiary/aromatic N) is 1. The quantitative estimate of drug-likeness (QED) is 0.716. The van der Waals surface area contributed by atoms with Gasteiger partial charge in [0.1, 0.15) is 0 Å². The monoisotopic (exact) mass is 341 g/mol. The Kier molecular flexibility index (Phi) is 4.59. The first-order valence-electron chi connectivity index (χ1n) is 8.16. The summed E-state index contributed by atoms with van der Waals surface area (Å²) in [4.78, 5) is 11.4. The third-order valence-corrected chi connectivity index (χ3v) is 4.25. The number of aromatic nitrogens is 1. The largest absolute Gasteiger partial charge is 0.459 e. The standard InChI is InChI=1S/C20H20FNO3/c1-3-17(23)25-13-20(21,24)18-15-11-7-8-12-16(15)22(2)19(18)14-9-5-4-6-10-14/h4-12,24H,3,13H2,1-2H3. The molecule has 0 aliphatic rings. The number of hydrogen-bond acceptors (Lipinski definition) is 3. The highest BCUT2D eigenvalue weighted by Gasteiger charge is 2.37. The van der Waals surface area contributed by atoms with Crippen molar-refractivity contribution >= 4 is 16.9 Å². The van der Waals surface area contributed by atoms with Crippen LogP contribution in [-0.2, 0) is 22.4 Å². The Morgan fingerprint density at radius 1 is 1.16 bits per heavy atom.